The Hall–Kier alpha value is -1.92. The summed E-state index contributed by atoms with van der Waals surface area (Å²) in [5.41, 5.74) is 0.434. The summed E-state index contributed by atoms with van der Waals surface area (Å²) >= 11 is 0. The molecule has 1 amide bonds. The Morgan fingerprint density at radius 2 is 2.32 bits per heavy atom. The molecule has 0 aliphatic heterocycles. The number of aliphatic hydroxyl groups is 1. The van der Waals surface area contributed by atoms with Crippen LogP contribution in [0.2, 0.25) is 0 Å². The number of hydrogen-bond acceptors (Lipinski definition) is 4. The minimum absolute atomic E-state index is 0.0537. The summed E-state index contributed by atoms with van der Waals surface area (Å²) in [6, 6.07) is 5.46. The predicted octanol–water partition coefficient (Wildman–Crippen LogP) is 1.31. The smallest absolute Gasteiger partial charge is 0.287 e. The summed E-state index contributed by atoms with van der Waals surface area (Å²) in [6.45, 7) is 0.184. The molecule has 0 aliphatic carbocycles. The third-order valence-corrected chi connectivity index (χ3v) is 2.56. The number of aliphatic hydroxyl groups excluding tert-OH is 1. The lowest BCUT2D eigenvalue weighted by atomic mass is 10.2. The Morgan fingerprint density at radius 1 is 1.53 bits per heavy atom. The van der Waals surface area contributed by atoms with Crippen LogP contribution in [0.25, 0.3) is 11.0 Å². The minimum Gasteiger partial charge on any atom is -0.451 e. The topological polar surface area (TPSA) is 71.7 Å². The Morgan fingerprint density at radius 3 is 3.05 bits per heavy atom. The van der Waals surface area contributed by atoms with Gasteiger partial charge in [0.1, 0.15) is 11.4 Å². The number of amides is 1. The minimum atomic E-state index is -0.782. The maximum atomic E-state index is 13.0. The molecule has 0 saturated heterocycles. The van der Waals surface area contributed by atoms with E-state index in [9.17, 15) is 14.3 Å². The van der Waals surface area contributed by atoms with Gasteiger partial charge < -0.3 is 19.6 Å². The highest BCUT2D eigenvalue weighted by Crippen LogP contribution is 2.20. The van der Waals surface area contributed by atoms with Gasteiger partial charge in [-0.15, -0.1) is 0 Å². The molecule has 6 heteroatoms. The molecule has 0 spiro atoms. The average molecular weight is 267 g/mol. The highest BCUT2D eigenvalue weighted by molar-refractivity contribution is 5.96. The second-order valence-corrected chi connectivity index (χ2v) is 4.11. The number of carbonyl (C=O) groups is 1. The first-order valence-electron chi connectivity index (χ1n) is 5.74. The van der Waals surface area contributed by atoms with Gasteiger partial charge in [0.15, 0.2) is 5.76 Å². The van der Waals surface area contributed by atoms with E-state index in [1.165, 1.54) is 31.4 Å². The summed E-state index contributed by atoms with van der Waals surface area (Å²) in [5, 5.41) is 12.4. The van der Waals surface area contributed by atoms with Crippen LogP contribution in [0.5, 0.6) is 0 Å². The standard InChI is InChI=1S/C13H14FNO4/c1-18-7-10(16)6-15-13(17)12-5-8-4-9(14)2-3-11(8)19-12/h2-5,10,16H,6-7H2,1H3,(H,15,17). The second kappa shape index (κ2) is 5.81. The van der Waals surface area contributed by atoms with Crippen LogP contribution in [0, 0.1) is 5.82 Å². The van der Waals surface area contributed by atoms with Gasteiger partial charge in [-0.2, -0.15) is 0 Å². The van der Waals surface area contributed by atoms with Crippen LogP contribution >= 0.6 is 0 Å². The van der Waals surface area contributed by atoms with Gasteiger partial charge in [-0.1, -0.05) is 0 Å². The number of furan rings is 1. The molecular weight excluding hydrogens is 253 g/mol. The zero-order chi connectivity index (χ0) is 13.8. The molecule has 5 nitrogen and oxygen atoms in total. The summed E-state index contributed by atoms with van der Waals surface area (Å²) in [6.07, 6.45) is -0.782. The Bertz CT molecular complexity index is 581. The normalized spacial score (nSPS) is 12.6. The predicted molar refractivity (Wildman–Crippen MR) is 66.4 cm³/mol. The van der Waals surface area contributed by atoms with Crippen molar-refractivity contribution in [2.45, 2.75) is 6.10 Å². The molecular formula is C13H14FNO4. The number of ether oxygens (including phenoxy) is 1. The first kappa shape index (κ1) is 13.5. The Balaban J connectivity index is 2.05. The molecule has 0 radical (unpaired) electrons. The summed E-state index contributed by atoms with van der Waals surface area (Å²) in [7, 11) is 1.46. The molecule has 1 heterocycles. The third-order valence-electron chi connectivity index (χ3n) is 2.56. The van der Waals surface area contributed by atoms with E-state index < -0.39 is 17.8 Å². The molecule has 0 bridgehead atoms. The number of rotatable bonds is 5. The lowest BCUT2D eigenvalue weighted by Crippen LogP contribution is -2.34. The molecule has 0 saturated carbocycles. The van der Waals surface area contributed by atoms with Crippen LogP contribution in [0.1, 0.15) is 10.6 Å². The molecule has 1 atom stereocenters. The molecule has 1 unspecified atom stereocenters. The van der Waals surface area contributed by atoms with Crippen LogP contribution in [-0.2, 0) is 4.74 Å². The van der Waals surface area contributed by atoms with Crippen molar-refractivity contribution >= 4 is 16.9 Å². The van der Waals surface area contributed by atoms with Gasteiger partial charge in [0, 0.05) is 19.0 Å². The number of fused-ring (bicyclic) bond motifs is 1. The van der Waals surface area contributed by atoms with E-state index in [1.807, 2.05) is 0 Å². The highest BCUT2D eigenvalue weighted by atomic mass is 19.1. The largest absolute Gasteiger partial charge is 0.451 e. The van der Waals surface area contributed by atoms with E-state index in [1.54, 1.807) is 0 Å². The van der Waals surface area contributed by atoms with Crippen molar-refractivity contribution in [1.29, 1.82) is 0 Å². The zero-order valence-corrected chi connectivity index (χ0v) is 10.4. The van der Waals surface area contributed by atoms with E-state index in [4.69, 9.17) is 9.15 Å². The van der Waals surface area contributed by atoms with Gasteiger partial charge in [0.25, 0.3) is 5.91 Å². The summed E-state index contributed by atoms with van der Waals surface area (Å²) in [4.78, 5) is 11.8. The first-order chi connectivity index (χ1) is 9.10. The highest BCUT2D eigenvalue weighted by Gasteiger charge is 2.14. The zero-order valence-electron chi connectivity index (χ0n) is 10.4. The van der Waals surface area contributed by atoms with Crippen molar-refractivity contribution in [2.24, 2.45) is 0 Å². The first-order valence-corrected chi connectivity index (χ1v) is 5.74. The average Bonchev–Trinajstić information content (AvgIpc) is 2.79. The Labute approximate surface area is 109 Å². The fourth-order valence-corrected chi connectivity index (χ4v) is 1.68. The van der Waals surface area contributed by atoms with Crippen LogP contribution in [0.3, 0.4) is 0 Å². The maximum absolute atomic E-state index is 13.0. The maximum Gasteiger partial charge on any atom is 0.287 e. The molecule has 2 N–H and O–H groups in total. The van der Waals surface area contributed by atoms with Crippen molar-refractivity contribution in [3.05, 3.63) is 35.8 Å². The van der Waals surface area contributed by atoms with Gasteiger partial charge in [-0.05, 0) is 24.3 Å². The van der Waals surface area contributed by atoms with Gasteiger partial charge in [-0.25, -0.2) is 4.39 Å². The van der Waals surface area contributed by atoms with Gasteiger partial charge >= 0.3 is 0 Å². The van der Waals surface area contributed by atoms with E-state index >= 15 is 0 Å². The van der Waals surface area contributed by atoms with Crippen molar-refractivity contribution in [2.75, 3.05) is 20.3 Å². The van der Waals surface area contributed by atoms with Crippen LogP contribution < -0.4 is 5.32 Å². The molecule has 19 heavy (non-hydrogen) atoms. The number of benzene rings is 1. The van der Waals surface area contributed by atoms with Gasteiger partial charge in [0.05, 0.1) is 12.7 Å². The molecule has 2 rings (SSSR count). The van der Waals surface area contributed by atoms with E-state index in [-0.39, 0.29) is 18.9 Å². The second-order valence-electron chi connectivity index (χ2n) is 4.11. The quantitative estimate of drug-likeness (QED) is 0.856. The number of halogens is 1. The summed E-state index contributed by atoms with van der Waals surface area (Å²) < 4.78 is 23.0. The van der Waals surface area contributed by atoms with Crippen LogP contribution in [0.15, 0.2) is 28.7 Å². The number of carbonyl (C=O) groups excluding carboxylic acids is 1. The van der Waals surface area contributed by atoms with E-state index in [2.05, 4.69) is 5.32 Å². The van der Waals surface area contributed by atoms with Crippen LogP contribution in [0.4, 0.5) is 4.39 Å². The lowest BCUT2D eigenvalue weighted by Gasteiger charge is -2.09. The van der Waals surface area contributed by atoms with Gasteiger partial charge in [0.2, 0.25) is 0 Å². The van der Waals surface area contributed by atoms with Crippen molar-refractivity contribution < 1.29 is 23.4 Å². The van der Waals surface area contributed by atoms with E-state index in [0.29, 0.717) is 11.0 Å². The van der Waals surface area contributed by atoms with Crippen molar-refractivity contribution in [3.8, 4) is 0 Å². The number of methoxy groups -OCH3 is 1. The summed E-state index contributed by atoms with van der Waals surface area (Å²) in [5.74, 6) is -0.784. The van der Waals surface area contributed by atoms with Crippen molar-refractivity contribution in [1.82, 2.24) is 5.32 Å². The molecule has 1 aromatic carbocycles. The van der Waals surface area contributed by atoms with Gasteiger partial charge in [-0.3, -0.25) is 4.79 Å². The lowest BCUT2D eigenvalue weighted by molar-refractivity contribution is 0.0604. The molecule has 102 valence electrons. The molecule has 0 aliphatic rings. The Kier molecular flexibility index (Phi) is 4.13. The fourth-order valence-electron chi connectivity index (χ4n) is 1.68. The van der Waals surface area contributed by atoms with Crippen LogP contribution in [-0.4, -0.2) is 37.4 Å². The number of nitrogens with one attached hydrogen (secondary N) is 1. The molecule has 0 fully saturated rings. The fraction of sp³-hybridized carbons (Fsp3) is 0.308. The SMILES string of the molecule is COCC(O)CNC(=O)c1cc2cc(F)ccc2o1. The van der Waals surface area contributed by atoms with Crippen molar-refractivity contribution in [3.63, 3.8) is 0 Å². The monoisotopic (exact) mass is 267 g/mol. The molecule has 2 aromatic rings. The third kappa shape index (κ3) is 3.30. The number of hydrogen-bond donors (Lipinski definition) is 2. The molecule has 1 aromatic heterocycles. The van der Waals surface area contributed by atoms with E-state index in [0.717, 1.165) is 0 Å².